The number of amides is 1. The molecule has 160 valence electrons. The van der Waals surface area contributed by atoms with Crippen LogP contribution in [0.15, 0.2) is 46.0 Å². The second kappa shape index (κ2) is 10.8. The molecule has 1 fully saturated rings. The van der Waals surface area contributed by atoms with Crippen molar-refractivity contribution in [1.29, 1.82) is 0 Å². The molecule has 0 radical (unpaired) electrons. The molecule has 0 atom stereocenters. The number of nitrogens with zero attached hydrogens (tertiary/aromatic N) is 1. The van der Waals surface area contributed by atoms with Crippen LogP contribution in [0.4, 0.5) is 0 Å². The molecule has 1 amide bonds. The van der Waals surface area contributed by atoms with Crippen LogP contribution in [0.3, 0.4) is 0 Å². The van der Waals surface area contributed by atoms with E-state index in [-0.39, 0.29) is 11.7 Å². The number of piperazine rings is 1. The normalized spacial score (nSPS) is 19.0. The van der Waals surface area contributed by atoms with Gasteiger partial charge in [0, 0.05) is 10.6 Å². The molecular formula is C21H26BrClN4O3+2. The van der Waals surface area contributed by atoms with Gasteiger partial charge in [-0.2, -0.15) is 5.10 Å². The van der Waals surface area contributed by atoms with Gasteiger partial charge < -0.3 is 19.6 Å². The summed E-state index contributed by atoms with van der Waals surface area (Å²) >= 11 is 9.52. The Hall–Kier alpha value is -2.13. The first-order valence-corrected chi connectivity index (χ1v) is 10.9. The number of halogens is 2. The van der Waals surface area contributed by atoms with Crippen LogP contribution in [-0.2, 0) is 11.3 Å². The van der Waals surface area contributed by atoms with E-state index < -0.39 is 0 Å². The van der Waals surface area contributed by atoms with E-state index in [0.29, 0.717) is 22.3 Å². The first-order valence-electron chi connectivity index (χ1n) is 9.75. The van der Waals surface area contributed by atoms with Crippen molar-refractivity contribution in [3.8, 4) is 11.5 Å². The van der Waals surface area contributed by atoms with Crippen molar-refractivity contribution < 1.29 is 24.4 Å². The van der Waals surface area contributed by atoms with E-state index in [2.05, 4.69) is 32.5 Å². The highest BCUT2D eigenvalue weighted by Gasteiger charge is 2.25. The molecule has 0 spiro atoms. The summed E-state index contributed by atoms with van der Waals surface area (Å²) in [5.41, 5.74) is 4.44. The van der Waals surface area contributed by atoms with E-state index in [1.165, 1.54) is 28.7 Å². The second-order valence-corrected chi connectivity index (χ2v) is 8.55. The molecule has 30 heavy (non-hydrogen) atoms. The molecule has 0 saturated carbocycles. The van der Waals surface area contributed by atoms with Crippen molar-refractivity contribution in [2.75, 3.05) is 39.8 Å². The smallest absolute Gasteiger partial charge is 0.295 e. The number of methoxy groups -OCH3 is 1. The molecule has 3 rings (SSSR count). The number of hydrogen-bond donors (Lipinski definition) is 4. The molecule has 4 N–H and O–H groups in total. The molecule has 1 aliphatic rings. The summed E-state index contributed by atoms with van der Waals surface area (Å²) in [6, 6.07) is 11.3. The number of carbonyl (C=O) groups excluding carboxylic acids is 1. The van der Waals surface area contributed by atoms with E-state index in [4.69, 9.17) is 16.3 Å². The lowest BCUT2D eigenvalue weighted by Crippen LogP contribution is -3.28. The molecular weight excluding hydrogens is 472 g/mol. The van der Waals surface area contributed by atoms with Crippen molar-refractivity contribution in [2.45, 2.75) is 6.54 Å². The quantitative estimate of drug-likeness (QED) is 0.327. The lowest BCUT2D eigenvalue weighted by Gasteiger charge is -2.29. The van der Waals surface area contributed by atoms with Crippen LogP contribution in [0.2, 0.25) is 5.02 Å². The van der Waals surface area contributed by atoms with Gasteiger partial charge in [0.1, 0.15) is 32.7 Å². The summed E-state index contributed by atoms with van der Waals surface area (Å²) in [6.07, 6.45) is 1.52. The van der Waals surface area contributed by atoms with Gasteiger partial charge in [0.2, 0.25) is 0 Å². The van der Waals surface area contributed by atoms with Crippen LogP contribution >= 0.6 is 27.5 Å². The number of ether oxygens (including phenoxy) is 1. The van der Waals surface area contributed by atoms with Crippen molar-refractivity contribution in [3.63, 3.8) is 0 Å². The van der Waals surface area contributed by atoms with Crippen molar-refractivity contribution in [2.24, 2.45) is 5.10 Å². The van der Waals surface area contributed by atoms with Crippen LogP contribution in [0, 0.1) is 0 Å². The minimum Gasteiger partial charge on any atom is -0.503 e. The molecule has 1 aliphatic heterocycles. The van der Waals surface area contributed by atoms with E-state index in [1.54, 1.807) is 12.1 Å². The molecule has 1 heterocycles. The number of hydrazone groups is 1. The van der Waals surface area contributed by atoms with Gasteiger partial charge in [0.05, 0.1) is 17.8 Å². The largest absolute Gasteiger partial charge is 0.503 e. The topological polar surface area (TPSA) is 79.8 Å². The van der Waals surface area contributed by atoms with Crippen LogP contribution in [-0.4, -0.2) is 57.1 Å². The molecule has 1 saturated heterocycles. The Morgan fingerprint density at radius 1 is 1.27 bits per heavy atom. The standard InChI is InChI=1S/C21H24BrClN4O3/c1-30-19-11-15(10-17(22)21(19)29)12-24-25-20(28)14-27-8-6-26(7-9-27)13-16-4-2-3-5-18(16)23/h2-5,10-12,29H,6-9,13-14H2,1H3,(H,25,28)/p+2/b24-12+. The fourth-order valence-corrected chi connectivity index (χ4v) is 4.15. The Morgan fingerprint density at radius 3 is 2.67 bits per heavy atom. The van der Waals surface area contributed by atoms with Gasteiger partial charge in [-0.05, 0) is 39.7 Å². The summed E-state index contributed by atoms with van der Waals surface area (Å²) in [5, 5.41) is 14.7. The Balaban J connectivity index is 1.43. The van der Waals surface area contributed by atoms with Gasteiger partial charge >= 0.3 is 0 Å². The maximum Gasteiger partial charge on any atom is 0.295 e. The van der Waals surface area contributed by atoms with E-state index in [1.807, 2.05) is 18.2 Å². The van der Waals surface area contributed by atoms with E-state index in [0.717, 1.165) is 37.7 Å². The molecule has 0 unspecified atom stereocenters. The number of nitrogens with one attached hydrogen (secondary N) is 3. The summed E-state index contributed by atoms with van der Waals surface area (Å²) in [7, 11) is 1.48. The molecule has 7 nitrogen and oxygen atoms in total. The van der Waals surface area contributed by atoms with Gasteiger partial charge in [-0.25, -0.2) is 5.43 Å². The summed E-state index contributed by atoms with van der Waals surface area (Å²) in [6.45, 7) is 5.16. The Labute approximate surface area is 189 Å². The first-order chi connectivity index (χ1) is 14.5. The maximum absolute atomic E-state index is 12.2. The average Bonchev–Trinajstić information content (AvgIpc) is 2.73. The zero-order chi connectivity index (χ0) is 21.5. The first kappa shape index (κ1) is 22.6. The molecule has 9 heteroatoms. The molecule has 0 aromatic heterocycles. The maximum atomic E-state index is 12.2. The number of quaternary nitrogens is 2. The number of aromatic hydroxyl groups is 1. The van der Waals surface area contributed by atoms with Crippen molar-refractivity contribution >= 4 is 39.7 Å². The van der Waals surface area contributed by atoms with Gasteiger partial charge in [-0.15, -0.1) is 0 Å². The SMILES string of the molecule is COc1cc(/C=N/NC(=O)C[NH+]2CC[NH+](Cc3ccccc3Cl)CC2)cc(Br)c1O. The lowest BCUT2D eigenvalue weighted by molar-refractivity contribution is -1.02. The van der Waals surface area contributed by atoms with Crippen LogP contribution in [0.1, 0.15) is 11.1 Å². The fraction of sp³-hybridized carbons (Fsp3) is 0.333. The summed E-state index contributed by atoms with van der Waals surface area (Å²) in [4.78, 5) is 15.0. The van der Waals surface area contributed by atoms with Gasteiger partial charge in [0.25, 0.3) is 5.91 Å². The average molecular weight is 498 g/mol. The number of rotatable bonds is 7. The highest BCUT2D eigenvalue weighted by atomic mass is 79.9. The summed E-state index contributed by atoms with van der Waals surface area (Å²) in [5.74, 6) is 0.234. The molecule has 2 aromatic rings. The van der Waals surface area contributed by atoms with Crippen molar-refractivity contribution in [1.82, 2.24) is 5.43 Å². The third kappa shape index (κ3) is 6.18. The Bertz CT molecular complexity index is 917. The Morgan fingerprint density at radius 2 is 1.97 bits per heavy atom. The van der Waals surface area contributed by atoms with E-state index >= 15 is 0 Å². The summed E-state index contributed by atoms with van der Waals surface area (Å²) < 4.78 is 5.60. The lowest BCUT2D eigenvalue weighted by atomic mass is 10.2. The number of phenolic OH excluding ortho intramolecular Hbond substituents is 1. The van der Waals surface area contributed by atoms with Crippen LogP contribution in [0.5, 0.6) is 11.5 Å². The Kier molecular flexibility index (Phi) is 8.09. The van der Waals surface area contributed by atoms with Crippen LogP contribution < -0.4 is 20.0 Å². The second-order valence-electron chi connectivity index (χ2n) is 7.29. The number of carbonyl (C=O) groups is 1. The number of phenols is 1. The zero-order valence-electron chi connectivity index (χ0n) is 16.8. The van der Waals surface area contributed by atoms with Crippen molar-refractivity contribution in [3.05, 3.63) is 57.0 Å². The van der Waals surface area contributed by atoms with Gasteiger partial charge in [-0.3, -0.25) is 4.79 Å². The highest BCUT2D eigenvalue weighted by Crippen LogP contribution is 2.34. The minimum atomic E-state index is -0.124. The minimum absolute atomic E-state index is 0.0260. The van der Waals surface area contributed by atoms with Crippen LogP contribution in [0.25, 0.3) is 0 Å². The molecule has 0 bridgehead atoms. The zero-order valence-corrected chi connectivity index (χ0v) is 19.1. The fourth-order valence-electron chi connectivity index (χ4n) is 3.49. The highest BCUT2D eigenvalue weighted by molar-refractivity contribution is 9.10. The number of hydrogen-bond acceptors (Lipinski definition) is 4. The van der Waals surface area contributed by atoms with Gasteiger partial charge in [-0.1, -0.05) is 29.8 Å². The third-order valence-corrected chi connectivity index (χ3v) is 6.12. The molecule has 2 aromatic carbocycles. The predicted octanol–water partition coefficient (Wildman–Crippen LogP) is 0.250. The van der Waals surface area contributed by atoms with Gasteiger partial charge in [0.15, 0.2) is 18.0 Å². The third-order valence-electron chi connectivity index (χ3n) is 5.15. The monoisotopic (exact) mass is 496 g/mol. The predicted molar refractivity (Wildman–Crippen MR) is 120 cm³/mol. The van der Waals surface area contributed by atoms with E-state index in [9.17, 15) is 9.90 Å². The molecule has 0 aliphatic carbocycles. The number of benzene rings is 2.